The van der Waals surface area contributed by atoms with Gasteiger partial charge in [0.1, 0.15) is 17.1 Å². The number of carboxylic acids is 1. The highest BCUT2D eigenvalue weighted by Crippen LogP contribution is 2.22. The van der Waals surface area contributed by atoms with Crippen molar-refractivity contribution >= 4 is 12.0 Å². The first kappa shape index (κ1) is 15.4. The highest BCUT2D eigenvalue weighted by molar-refractivity contribution is 5.88. The summed E-state index contributed by atoms with van der Waals surface area (Å²) in [7, 11) is 0. The smallest absolute Gasteiger partial charge is 0.339 e. The Labute approximate surface area is 124 Å². The van der Waals surface area contributed by atoms with Gasteiger partial charge in [0.15, 0.2) is 0 Å². The lowest BCUT2D eigenvalue weighted by molar-refractivity contribution is 0.0695. The molecule has 1 fully saturated rings. The van der Waals surface area contributed by atoms with E-state index in [1.54, 1.807) is 6.92 Å². The molecule has 1 saturated heterocycles. The molecule has 0 aromatic carbocycles. The maximum atomic E-state index is 12.2. The first-order valence-corrected chi connectivity index (χ1v) is 7.27. The van der Waals surface area contributed by atoms with Crippen LogP contribution in [0.1, 0.15) is 48.6 Å². The Hall–Kier alpha value is -1.98. The number of hydrogen-bond donors (Lipinski definition) is 2. The molecule has 1 aliphatic rings. The fourth-order valence-electron chi connectivity index (χ4n) is 2.73. The number of aromatic carboxylic acids is 1. The minimum absolute atomic E-state index is 0.125. The molecule has 21 heavy (non-hydrogen) atoms. The predicted molar refractivity (Wildman–Crippen MR) is 77.2 cm³/mol. The van der Waals surface area contributed by atoms with Gasteiger partial charge in [-0.15, -0.1) is 0 Å². The molecule has 1 aromatic heterocycles. The Morgan fingerprint density at radius 1 is 1.48 bits per heavy atom. The number of nitrogens with zero attached hydrogens (tertiary/aromatic N) is 1. The summed E-state index contributed by atoms with van der Waals surface area (Å²) in [5, 5.41) is 11.8. The van der Waals surface area contributed by atoms with E-state index in [4.69, 9.17) is 9.52 Å². The molecule has 116 valence electrons. The van der Waals surface area contributed by atoms with E-state index in [0.29, 0.717) is 17.4 Å². The Balaban J connectivity index is 1.95. The topological polar surface area (TPSA) is 82.8 Å². The Kier molecular flexibility index (Phi) is 4.55. The zero-order chi connectivity index (χ0) is 15.6. The number of aryl methyl sites for hydroxylation is 1. The highest BCUT2D eigenvalue weighted by Gasteiger charge is 2.28. The third-order valence-electron chi connectivity index (χ3n) is 4.25. The number of rotatable bonds is 3. The molecular weight excluding hydrogens is 272 g/mol. The molecule has 6 heteroatoms. The van der Waals surface area contributed by atoms with Gasteiger partial charge in [0.05, 0.1) is 6.54 Å². The Morgan fingerprint density at radius 3 is 2.81 bits per heavy atom. The number of carbonyl (C=O) groups is 2. The van der Waals surface area contributed by atoms with Crippen molar-refractivity contribution in [2.24, 2.45) is 5.92 Å². The molecule has 0 saturated carbocycles. The third kappa shape index (κ3) is 3.37. The van der Waals surface area contributed by atoms with Gasteiger partial charge in [-0.25, -0.2) is 9.59 Å². The van der Waals surface area contributed by atoms with Crippen molar-refractivity contribution in [1.82, 2.24) is 10.2 Å². The summed E-state index contributed by atoms with van der Waals surface area (Å²) in [5.41, 5.74) is 0.138. The quantitative estimate of drug-likeness (QED) is 0.897. The molecule has 2 amide bonds. The van der Waals surface area contributed by atoms with E-state index >= 15 is 0 Å². The number of urea groups is 1. The van der Waals surface area contributed by atoms with Crippen molar-refractivity contribution in [1.29, 1.82) is 0 Å². The van der Waals surface area contributed by atoms with E-state index in [2.05, 4.69) is 19.2 Å². The van der Waals surface area contributed by atoms with Crippen LogP contribution in [0, 0.1) is 12.8 Å². The zero-order valence-electron chi connectivity index (χ0n) is 12.7. The van der Waals surface area contributed by atoms with Gasteiger partial charge >= 0.3 is 12.0 Å². The molecule has 0 bridgehead atoms. The number of nitrogens with one attached hydrogen (secondary N) is 1. The molecule has 2 heterocycles. The average molecular weight is 294 g/mol. The van der Waals surface area contributed by atoms with Crippen LogP contribution in [0.15, 0.2) is 10.5 Å². The normalized spacial score (nSPS) is 22.1. The van der Waals surface area contributed by atoms with E-state index < -0.39 is 5.97 Å². The van der Waals surface area contributed by atoms with Crippen molar-refractivity contribution in [3.05, 3.63) is 23.2 Å². The van der Waals surface area contributed by atoms with Crippen LogP contribution in [0.2, 0.25) is 0 Å². The van der Waals surface area contributed by atoms with Crippen LogP contribution in [-0.4, -0.2) is 34.6 Å². The Morgan fingerprint density at radius 2 is 2.19 bits per heavy atom. The van der Waals surface area contributed by atoms with Gasteiger partial charge in [-0.2, -0.15) is 0 Å². The fourth-order valence-corrected chi connectivity index (χ4v) is 2.73. The fraction of sp³-hybridized carbons (Fsp3) is 0.600. The molecule has 0 aliphatic carbocycles. The van der Waals surface area contributed by atoms with E-state index in [1.165, 1.54) is 6.07 Å². The van der Waals surface area contributed by atoms with Crippen LogP contribution in [0.25, 0.3) is 0 Å². The van der Waals surface area contributed by atoms with Crippen molar-refractivity contribution in [3.8, 4) is 0 Å². The van der Waals surface area contributed by atoms with Gasteiger partial charge in [0.2, 0.25) is 0 Å². The molecule has 2 N–H and O–H groups in total. The van der Waals surface area contributed by atoms with Crippen LogP contribution in [0.4, 0.5) is 4.79 Å². The number of furan rings is 1. The summed E-state index contributed by atoms with van der Waals surface area (Å²) in [4.78, 5) is 25.0. The second kappa shape index (κ2) is 6.20. The molecule has 2 unspecified atom stereocenters. The van der Waals surface area contributed by atoms with Crippen LogP contribution in [0.5, 0.6) is 0 Å². The lowest BCUT2D eigenvalue weighted by Gasteiger charge is -2.37. The number of hydrogen-bond acceptors (Lipinski definition) is 3. The average Bonchev–Trinajstić information content (AvgIpc) is 2.80. The maximum absolute atomic E-state index is 12.2. The molecule has 0 spiro atoms. The predicted octanol–water partition coefficient (Wildman–Crippen LogP) is 2.62. The summed E-state index contributed by atoms with van der Waals surface area (Å²) in [6, 6.07) is 1.55. The zero-order valence-corrected chi connectivity index (χ0v) is 12.7. The second-order valence-corrected chi connectivity index (χ2v) is 5.70. The molecule has 0 radical (unpaired) electrons. The molecule has 6 nitrogen and oxygen atoms in total. The number of piperidine rings is 1. The van der Waals surface area contributed by atoms with Crippen molar-refractivity contribution in [2.45, 2.75) is 46.2 Å². The number of carbonyl (C=O) groups excluding carboxylic acids is 1. The maximum Gasteiger partial charge on any atom is 0.339 e. The molecule has 2 rings (SSSR count). The Bertz CT molecular complexity index is 538. The van der Waals surface area contributed by atoms with Gasteiger partial charge in [0.25, 0.3) is 0 Å². The van der Waals surface area contributed by atoms with Crippen LogP contribution >= 0.6 is 0 Å². The largest absolute Gasteiger partial charge is 0.478 e. The van der Waals surface area contributed by atoms with E-state index in [-0.39, 0.29) is 24.2 Å². The van der Waals surface area contributed by atoms with Crippen LogP contribution in [-0.2, 0) is 6.54 Å². The lowest BCUT2D eigenvalue weighted by Crippen LogP contribution is -2.50. The van der Waals surface area contributed by atoms with Crippen molar-refractivity contribution in [3.63, 3.8) is 0 Å². The van der Waals surface area contributed by atoms with Gasteiger partial charge in [-0.1, -0.05) is 6.92 Å². The minimum atomic E-state index is -1.02. The second-order valence-electron chi connectivity index (χ2n) is 5.70. The van der Waals surface area contributed by atoms with Gasteiger partial charge in [0, 0.05) is 12.6 Å². The minimum Gasteiger partial charge on any atom is -0.478 e. The first-order chi connectivity index (χ1) is 9.90. The van der Waals surface area contributed by atoms with Gasteiger partial charge in [-0.05, 0) is 38.7 Å². The first-order valence-electron chi connectivity index (χ1n) is 7.27. The molecule has 2 atom stereocenters. The van der Waals surface area contributed by atoms with E-state index in [0.717, 1.165) is 19.4 Å². The molecule has 1 aliphatic heterocycles. The van der Waals surface area contributed by atoms with Gasteiger partial charge in [-0.3, -0.25) is 0 Å². The third-order valence-corrected chi connectivity index (χ3v) is 4.25. The number of amides is 2. The lowest BCUT2D eigenvalue weighted by atomic mass is 9.92. The van der Waals surface area contributed by atoms with Gasteiger partial charge < -0.3 is 19.7 Å². The number of likely N-dealkylation sites (tertiary alicyclic amines) is 1. The standard InChI is InChI=1S/C15H22N2O4/c1-9-5-4-6-17(10(9)2)15(20)16-8-12-7-13(14(18)19)11(3)21-12/h7,9-10H,4-6,8H2,1-3H3,(H,16,20)(H,18,19). The van der Waals surface area contributed by atoms with Crippen molar-refractivity contribution in [2.75, 3.05) is 6.54 Å². The molecular formula is C15H22N2O4. The summed E-state index contributed by atoms with van der Waals surface area (Å²) < 4.78 is 5.35. The SMILES string of the molecule is Cc1oc(CNC(=O)N2CCCC(C)C2C)cc1C(=O)O. The summed E-state index contributed by atoms with van der Waals surface area (Å²) in [6.45, 7) is 6.77. The monoisotopic (exact) mass is 294 g/mol. The summed E-state index contributed by atoms with van der Waals surface area (Å²) >= 11 is 0. The number of carboxylic acid groups (broad SMARTS) is 1. The van der Waals surface area contributed by atoms with E-state index in [9.17, 15) is 9.59 Å². The van der Waals surface area contributed by atoms with Crippen LogP contribution in [0.3, 0.4) is 0 Å². The van der Waals surface area contributed by atoms with Crippen molar-refractivity contribution < 1.29 is 19.1 Å². The van der Waals surface area contributed by atoms with E-state index in [1.807, 2.05) is 4.90 Å². The summed E-state index contributed by atoms with van der Waals surface area (Å²) in [5.74, 6) is 0.281. The van der Waals surface area contributed by atoms with Crippen LogP contribution < -0.4 is 5.32 Å². The summed E-state index contributed by atoms with van der Waals surface area (Å²) in [6.07, 6.45) is 2.16. The highest BCUT2D eigenvalue weighted by atomic mass is 16.4. The molecule has 1 aromatic rings.